The molecule has 6 heteroatoms. The summed E-state index contributed by atoms with van der Waals surface area (Å²) >= 11 is 0. The number of anilines is 1. The second-order valence-corrected chi connectivity index (χ2v) is 8.88. The smallest absolute Gasteiger partial charge is 0.337 e. The molecule has 6 nitrogen and oxygen atoms in total. The maximum atomic E-state index is 12.9. The van der Waals surface area contributed by atoms with E-state index in [4.69, 9.17) is 4.74 Å². The van der Waals surface area contributed by atoms with Gasteiger partial charge in [0.15, 0.2) is 0 Å². The summed E-state index contributed by atoms with van der Waals surface area (Å²) in [5, 5.41) is 12.5. The lowest BCUT2D eigenvalue weighted by Crippen LogP contribution is -2.12. The summed E-state index contributed by atoms with van der Waals surface area (Å²) in [5.74, 6) is -0.256. The van der Waals surface area contributed by atoms with E-state index in [9.17, 15) is 14.7 Å². The highest BCUT2D eigenvalue weighted by Gasteiger charge is 2.29. The zero-order valence-electron chi connectivity index (χ0n) is 19.7. The number of nitrogens with zero attached hydrogens (tertiary/aromatic N) is 1. The Morgan fingerprint density at radius 2 is 1.69 bits per heavy atom. The number of carboxylic acids is 1. The highest BCUT2D eigenvalue weighted by Crippen LogP contribution is 2.41. The van der Waals surface area contributed by atoms with Crippen LogP contribution in [-0.2, 0) is 6.42 Å². The van der Waals surface area contributed by atoms with Crippen molar-refractivity contribution in [3.05, 3.63) is 114 Å². The standard InChI is InChI=1S/C30H26N2O4/c33-29(32-25-11-13-26(14-12-25)36-16-15-20-5-2-1-3-6-20)23-8-4-7-22(17-23)24-18-27(30(34)35)28(31-19-24)21-9-10-21/h1-8,11-14,17-19,21H,9-10,15-16H2,(H,32,33)(H,34,35). The third kappa shape index (κ3) is 5.61. The van der Waals surface area contributed by atoms with Crippen molar-refractivity contribution >= 4 is 17.6 Å². The van der Waals surface area contributed by atoms with Crippen molar-refractivity contribution in [2.75, 3.05) is 11.9 Å². The first kappa shape index (κ1) is 23.3. The van der Waals surface area contributed by atoms with E-state index in [1.165, 1.54) is 5.56 Å². The largest absolute Gasteiger partial charge is 0.493 e. The number of hydrogen-bond donors (Lipinski definition) is 2. The summed E-state index contributed by atoms with van der Waals surface area (Å²) < 4.78 is 5.81. The molecule has 36 heavy (non-hydrogen) atoms. The molecular weight excluding hydrogens is 452 g/mol. The first-order valence-electron chi connectivity index (χ1n) is 12.0. The zero-order chi connectivity index (χ0) is 24.9. The van der Waals surface area contributed by atoms with Crippen LogP contribution in [0.2, 0.25) is 0 Å². The van der Waals surface area contributed by atoms with Gasteiger partial charge in [-0.1, -0.05) is 42.5 Å². The van der Waals surface area contributed by atoms with Crippen molar-refractivity contribution in [2.45, 2.75) is 25.2 Å². The average Bonchev–Trinajstić information content (AvgIpc) is 3.76. The molecule has 0 unspecified atom stereocenters. The van der Waals surface area contributed by atoms with E-state index in [2.05, 4.69) is 22.4 Å². The van der Waals surface area contributed by atoms with Crippen LogP contribution in [0.5, 0.6) is 5.75 Å². The normalized spacial score (nSPS) is 12.7. The Kier molecular flexibility index (Phi) is 6.76. The molecule has 0 spiro atoms. The van der Waals surface area contributed by atoms with Crippen molar-refractivity contribution in [1.82, 2.24) is 4.98 Å². The monoisotopic (exact) mass is 478 g/mol. The summed E-state index contributed by atoms with van der Waals surface area (Å²) in [6, 6.07) is 26.2. The topological polar surface area (TPSA) is 88.5 Å². The summed E-state index contributed by atoms with van der Waals surface area (Å²) in [5.41, 5.74) is 4.63. The molecule has 0 saturated heterocycles. The lowest BCUT2D eigenvalue weighted by atomic mass is 10.0. The number of benzene rings is 3. The molecule has 5 rings (SSSR count). The molecule has 0 aliphatic heterocycles. The molecule has 1 saturated carbocycles. The SMILES string of the molecule is O=C(Nc1ccc(OCCc2ccccc2)cc1)c1cccc(-c2cnc(C3CC3)c(C(=O)O)c2)c1. The van der Waals surface area contributed by atoms with E-state index in [0.29, 0.717) is 29.1 Å². The number of aromatic nitrogens is 1. The van der Waals surface area contributed by atoms with Crippen molar-refractivity contribution < 1.29 is 19.4 Å². The van der Waals surface area contributed by atoms with Gasteiger partial charge in [0.25, 0.3) is 5.91 Å². The van der Waals surface area contributed by atoms with Crippen molar-refractivity contribution in [1.29, 1.82) is 0 Å². The minimum atomic E-state index is -0.979. The highest BCUT2D eigenvalue weighted by molar-refractivity contribution is 6.05. The Labute approximate surface area is 209 Å². The number of hydrogen-bond acceptors (Lipinski definition) is 4. The van der Waals surface area contributed by atoms with Gasteiger partial charge >= 0.3 is 5.97 Å². The molecule has 1 fully saturated rings. The quantitative estimate of drug-likeness (QED) is 0.299. The van der Waals surface area contributed by atoms with Gasteiger partial charge in [0.2, 0.25) is 0 Å². The van der Waals surface area contributed by atoms with Crippen LogP contribution in [0.4, 0.5) is 5.69 Å². The molecule has 0 bridgehead atoms. The van der Waals surface area contributed by atoms with Crippen LogP contribution in [0.3, 0.4) is 0 Å². The Hall–Kier alpha value is -4.45. The molecule has 0 radical (unpaired) electrons. The number of aromatic carboxylic acids is 1. The molecule has 1 amide bonds. The lowest BCUT2D eigenvalue weighted by Gasteiger charge is -2.10. The summed E-state index contributed by atoms with van der Waals surface area (Å²) in [6.07, 6.45) is 4.46. The predicted octanol–water partition coefficient (Wildman–Crippen LogP) is 6.20. The summed E-state index contributed by atoms with van der Waals surface area (Å²) in [4.78, 5) is 29.1. The zero-order valence-corrected chi connectivity index (χ0v) is 19.7. The average molecular weight is 479 g/mol. The lowest BCUT2D eigenvalue weighted by molar-refractivity contribution is 0.0695. The van der Waals surface area contributed by atoms with Crippen LogP contribution in [0.15, 0.2) is 91.1 Å². The maximum Gasteiger partial charge on any atom is 0.337 e. The molecule has 2 N–H and O–H groups in total. The number of carbonyl (C=O) groups excluding carboxylic acids is 1. The van der Waals surface area contributed by atoms with Crippen LogP contribution >= 0.6 is 0 Å². The molecule has 1 aromatic heterocycles. The van der Waals surface area contributed by atoms with Gasteiger partial charge in [-0.15, -0.1) is 0 Å². The number of rotatable bonds is 9. The Morgan fingerprint density at radius 3 is 2.42 bits per heavy atom. The van der Waals surface area contributed by atoms with Crippen LogP contribution < -0.4 is 10.1 Å². The van der Waals surface area contributed by atoms with Gasteiger partial charge in [-0.05, 0) is 66.4 Å². The van der Waals surface area contributed by atoms with Crippen LogP contribution in [0.25, 0.3) is 11.1 Å². The molecule has 1 aliphatic rings. The molecule has 1 aliphatic carbocycles. The maximum absolute atomic E-state index is 12.9. The predicted molar refractivity (Wildman–Crippen MR) is 139 cm³/mol. The molecular formula is C30H26N2O4. The van der Waals surface area contributed by atoms with E-state index >= 15 is 0 Å². The summed E-state index contributed by atoms with van der Waals surface area (Å²) in [7, 11) is 0. The van der Waals surface area contributed by atoms with Gasteiger partial charge in [0.1, 0.15) is 5.75 Å². The van der Waals surface area contributed by atoms with Gasteiger partial charge in [0.05, 0.1) is 17.9 Å². The van der Waals surface area contributed by atoms with Gasteiger partial charge < -0.3 is 15.2 Å². The van der Waals surface area contributed by atoms with Crippen LogP contribution in [0.1, 0.15) is 50.7 Å². The fourth-order valence-electron chi connectivity index (χ4n) is 4.10. The number of nitrogens with one attached hydrogen (secondary N) is 1. The second-order valence-electron chi connectivity index (χ2n) is 8.88. The Bertz CT molecular complexity index is 1380. The summed E-state index contributed by atoms with van der Waals surface area (Å²) in [6.45, 7) is 0.572. The fraction of sp³-hybridized carbons (Fsp3) is 0.167. The fourth-order valence-corrected chi connectivity index (χ4v) is 4.10. The van der Waals surface area contributed by atoms with Crippen molar-refractivity contribution in [3.8, 4) is 16.9 Å². The van der Waals surface area contributed by atoms with Gasteiger partial charge in [-0.25, -0.2) is 4.79 Å². The second kappa shape index (κ2) is 10.4. The number of amides is 1. The molecule has 0 atom stereocenters. The molecule has 180 valence electrons. The minimum absolute atomic E-state index is 0.232. The third-order valence-corrected chi connectivity index (χ3v) is 6.19. The highest BCUT2D eigenvalue weighted by atomic mass is 16.5. The Balaban J connectivity index is 1.23. The first-order valence-corrected chi connectivity index (χ1v) is 12.0. The first-order chi connectivity index (χ1) is 17.6. The minimum Gasteiger partial charge on any atom is -0.493 e. The van der Waals surface area contributed by atoms with E-state index < -0.39 is 5.97 Å². The van der Waals surface area contributed by atoms with E-state index in [1.54, 1.807) is 42.6 Å². The molecule has 1 heterocycles. The number of carbonyl (C=O) groups is 2. The number of carboxylic acid groups (broad SMARTS) is 1. The van der Waals surface area contributed by atoms with E-state index in [-0.39, 0.29) is 17.4 Å². The van der Waals surface area contributed by atoms with Crippen molar-refractivity contribution in [3.63, 3.8) is 0 Å². The van der Waals surface area contributed by atoms with Crippen LogP contribution in [0, 0.1) is 0 Å². The third-order valence-electron chi connectivity index (χ3n) is 6.19. The van der Waals surface area contributed by atoms with Gasteiger partial charge in [-0.3, -0.25) is 9.78 Å². The molecule has 3 aromatic carbocycles. The number of ether oxygens (including phenoxy) is 1. The van der Waals surface area contributed by atoms with Crippen molar-refractivity contribution in [2.24, 2.45) is 0 Å². The van der Waals surface area contributed by atoms with Crippen LogP contribution in [-0.4, -0.2) is 28.6 Å². The van der Waals surface area contributed by atoms with Gasteiger partial charge in [0, 0.05) is 35.3 Å². The van der Waals surface area contributed by atoms with E-state index in [0.717, 1.165) is 30.6 Å². The van der Waals surface area contributed by atoms with E-state index in [1.807, 2.05) is 36.4 Å². The molecule has 4 aromatic rings. The van der Waals surface area contributed by atoms with Gasteiger partial charge in [-0.2, -0.15) is 0 Å². The Morgan fingerprint density at radius 1 is 0.917 bits per heavy atom. The number of pyridine rings is 1.